The molecule has 1 unspecified atom stereocenters. The van der Waals surface area contributed by atoms with Crippen LogP contribution in [-0.2, 0) is 14.8 Å². The first-order valence-corrected chi connectivity index (χ1v) is 7.18. The molecule has 1 aromatic rings. The zero-order valence-electron chi connectivity index (χ0n) is 9.42. The van der Waals surface area contributed by atoms with E-state index in [1.807, 2.05) is 4.72 Å². The topological polar surface area (TPSA) is 104 Å². The maximum absolute atomic E-state index is 11.8. The Morgan fingerprint density at radius 1 is 1.50 bits per heavy atom. The van der Waals surface area contributed by atoms with Gasteiger partial charge in [-0.2, -0.15) is 0 Å². The van der Waals surface area contributed by atoms with E-state index >= 15 is 0 Å². The fourth-order valence-corrected chi connectivity index (χ4v) is 2.51. The number of halogens is 1. The highest BCUT2D eigenvalue weighted by Crippen LogP contribution is 2.19. The number of rotatable bonds is 5. The van der Waals surface area contributed by atoms with Gasteiger partial charge in [0.1, 0.15) is 0 Å². The number of hydrogen-bond donors (Lipinski definition) is 3. The van der Waals surface area contributed by atoms with Crippen molar-refractivity contribution in [1.29, 1.82) is 0 Å². The number of nitrogens with one attached hydrogen (secondary N) is 1. The second kappa shape index (κ2) is 5.79. The van der Waals surface area contributed by atoms with Crippen LogP contribution in [0.15, 0.2) is 27.6 Å². The van der Waals surface area contributed by atoms with Gasteiger partial charge in [-0.1, -0.05) is 15.9 Å². The number of carboxylic acid groups (broad SMARTS) is 1. The minimum Gasteiger partial charge on any atom is -0.479 e. The van der Waals surface area contributed by atoms with Crippen molar-refractivity contribution < 1.29 is 23.4 Å². The van der Waals surface area contributed by atoms with Crippen LogP contribution in [0, 0.1) is 6.92 Å². The maximum Gasteiger partial charge on any atom is 0.333 e. The summed E-state index contributed by atoms with van der Waals surface area (Å²) in [5.74, 6) is -1.48. The van der Waals surface area contributed by atoms with Crippen LogP contribution in [0.4, 0.5) is 0 Å². The standard InChI is InChI=1S/C10H12BrNO5S/c1-6-4-7(2-3-8(6)11)18(16,17)12-5-9(13)10(14)15/h2-4,9,12-13H,5H2,1H3,(H,14,15). The number of aliphatic carboxylic acids is 1. The molecule has 0 aliphatic carbocycles. The zero-order chi connectivity index (χ0) is 13.9. The molecule has 0 radical (unpaired) electrons. The van der Waals surface area contributed by atoms with E-state index in [0.29, 0.717) is 0 Å². The molecule has 0 aliphatic rings. The average Bonchev–Trinajstić information content (AvgIpc) is 2.29. The molecule has 6 nitrogen and oxygen atoms in total. The highest BCUT2D eigenvalue weighted by Gasteiger charge is 2.19. The second-order valence-electron chi connectivity index (χ2n) is 3.62. The largest absolute Gasteiger partial charge is 0.479 e. The number of benzene rings is 1. The van der Waals surface area contributed by atoms with E-state index in [-0.39, 0.29) is 4.90 Å². The molecular weight excluding hydrogens is 326 g/mol. The minimum absolute atomic E-state index is 0.0146. The van der Waals surface area contributed by atoms with Crippen molar-refractivity contribution in [3.05, 3.63) is 28.2 Å². The lowest BCUT2D eigenvalue weighted by atomic mass is 10.2. The van der Waals surface area contributed by atoms with Gasteiger partial charge in [-0.3, -0.25) is 0 Å². The molecule has 1 atom stereocenters. The summed E-state index contributed by atoms with van der Waals surface area (Å²) in [6.45, 7) is 1.15. The molecule has 0 saturated heterocycles. The Balaban J connectivity index is 2.87. The van der Waals surface area contributed by atoms with E-state index in [9.17, 15) is 13.2 Å². The lowest BCUT2D eigenvalue weighted by molar-refractivity contribution is -0.146. The molecule has 18 heavy (non-hydrogen) atoms. The first-order chi connectivity index (χ1) is 8.24. The highest BCUT2D eigenvalue weighted by molar-refractivity contribution is 9.10. The van der Waals surface area contributed by atoms with Crippen molar-refractivity contribution in [1.82, 2.24) is 4.72 Å². The smallest absolute Gasteiger partial charge is 0.333 e. The van der Waals surface area contributed by atoms with E-state index in [2.05, 4.69) is 15.9 Å². The Labute approximate surface area is 113 Å². The maximum atomic E-state index is 11.8. The Kier molecular flexibility index (Phi) is 4.85. The van der Waals surface area contributed by atoms with Crippen LogP contribution in [0.3, 0.4) is 0 Å². The Morgan fingerprint density at radius 3 is 2.61 bits per heavy atom. The van der Waals surface area contributed by atoms with Crippen LogP contribution in [0.1, 0.15) is 5.56 Å². The van der Waals surface area contributed by atoms with Crippen LogP contribution in [-0.4, -0.2) is 37.2 Å². The molecule has 0 aromatic heterocycles. The third-order valence-electron chi connectivity index (χ3n) is 2.19. The molecule has 0 aliphatic heterocycles. The summed E-state index contributed by atoms with van der Waals surface area (Å²) in [7, 11) is -3.82. The number of aryl methyl sites for hydroxylation is 1. The predicted octanol–water partition coefficient (Wildman–Crippen LogP) is 0.481. The van der Waals surface area contributed by atoms with Gasteiger partial charge in [0.25, 0.3) is 0 Å². The molecule has 3 N–H and O–H groups in total. The van der Waals surface area contributed by atoms with Gasteiger partial charge in [0.15, 0.2) is 6.10 Å². The van der Waals surface area contributed by atoms with Gasteiger partial charge in [0.2, 0.25) is 10.0 Å². The monoisotopic (exact) mass is 337 g/mol. The van der Waals surface area contributed by atoms with Gasteiger partial charge in [0.05, 0.1) is 4.90 Å². The van der Waals surface area contributed by atoms with Gasteiger partial charge < -0.3 is 10.2 Å². The normalized spacial score (nSPS) is 13.3. The fourth-order valence-electron chi connectivity index (χ4n) is 1.14. The molecule has 100 valence electrons. The highest BCUT2D eigenvalue weighted by atomic mass is 79.9. The van der Waals surface area contributed by atoms with E-state index in [1.54, 1.807) is 13.0 Å². The first-order valence-electron chi connectivity index (χ1n) is 4.91. The Bertz CT molecular complexity index is 557. The zero-order valence-corrected chi connectivity index (χ0v) is 11.8. The summed E-state index contributed by atoms with van der Waals surface area (Å²) >= 11 is 3.24. The molecule has 0 bridgehead atoms. The summed E-state index contributed by atoms with van der Waals surface area (Å²) < 4.78 is 26.4. The fraction of sp³-hybridized carbons (Fsp3) is 0.300. The molecule has 8 heteroatoms. The number of hydrogen-bond acceptors (Lipinski definition) is 4. The number of sulfonamides is 1. The third kappa shape index (κ3) is 3.77. The van der Waals surface area contributed by atoms with Crippen LogP contribution in [0.2, 0.25) is 0 Å². The lowest BCUT2D eigenvalue weighted by Gasteiger charge is -2.09. The summed E-state index contributed by atoms with van der Waals surface area (Å²) in [4.78, 5) is 10.4. The molecule has 1 aromatic carbocycles. The first kappa shape index (κ1) is 15.1. The molecule has 0 amide bonds. The summed E-state index contributed by atoms with van der Waals surface area (Å²) in [6.07, 6.45) is -1.77. The summed E-state index contributed by atoms with van der Waals surface area (Å²) in [5, 5.41) is 17.4. The summed E-state index contributed by atoms with van der Waals surface area (Å²) in [5.41, 5.74) is 0.733. The number of aliphatic hydroxyl groups is 1. The predicted molar refractivity (Wildman–Crippen MR) is 67.7 cm³/mol. The number of carbonyl (C=O) groups is 1. The SMILES string of the molecule is Cc1cc(S(=O)(=O)NCC(O)C(=O)O)ccc1Br. The van der Waals surface area contributed by atoms with Gasteiger partial charge in [-0.05, 0) is 30.7 Å². The van der Waals surface area contributed by atoms with Gasteiger partial charge in [0, 0.05) is 11.0 Å². The second-order valence-corrected chi connectivity index (χ2v) is 6.24. The number of aliphatic hydroxyl groups excluding tert-OH is 1. The number of carboxylic acids is 1. The average molecular weight is 338 g/mol. The quantitative estimate of drug-likeness (QED) is 0.725. The van der Waals surface area contributed by atoms with E-state index in [1.165, 1.54) is 12.1 Å². The molecule has 0 fully saturated rings. The Morgan fingerprint density at radius 2 is 2.11 bits per heavy atom. The van der Waals surface area contributed by atoms with Crippen molar-refractivity contribution >= 4 is 31.9 Å². The third-order valence-corrected chi connectivity index (χ3v) is 4.50. The molecule has 0 spiro atoms. The van der Waals surface area contributed by atoms with Crippen LogP contribution >= 0.6 is 15.9 Å². The van der Waals surface area contributed by atoms with Gasteiger partial charge in [-0.25, -0.2) is 17.9 Å². The lowest BCUT2D eigenvalue weighted by Crippen LogP contribution is -2.36. The van der Waals surface area contributed by atoms with Gasteiger partial charge >= 0.3 is 5.97 Å². The van der Waals surface area contributed by atoms with Crippen molar-refractivity contribution in [2.45, 2.75) is 17.9 Å². The van der Waals surface area contributed by atoms with E-state index in [0.717, 1.165) is 10.0 Å². The van der Waals surface area contributed by atoms with Crippen LogP contribution in [0.25, 0.3) is 0 Å². The summed E-state index contributed by atoms with van der Waals surface area (Å²) in [6, 6.07) is 4.41. The molecule has 0 heterocycles. The molecule has 0 saturated carbocycles. The Hall–Kier alpha value is -0.960. The van der Waals surface area contributed by atoms with Crippen LogP contribution < -0.4 is 4.72 Å². The minimum atomic E-state index is -3.82. The van der Waals surface area contributed by atoms with E-state index < -0.39 is 28.6 Å². The molecular formula is C10H12BrNO5S. The molecule has 1 rings (SSSR count). The van der Waals surface area contributed by atoms with Crippen molar-refractivity contribution in [3.8, 4) is 0 Å². The van der Waals surface area contributed by atoms with Crippen molar-refractivity contribution in [3.63, 3.8) is 0 Å². The van der Waals surface area contributed by atoms with Crippen molar-refractivity contribution in [2.24, 2.45) is 0 Å². The van der Waals surface area contributed by atoms with Gasteiger partial charge in [-0.15, -0.1) is 0 Å². The van der Waals surface area contributed by atoms with Crippen LogP contribution in [0.5, 0.6) is 0 Å². The van der Waals surface area contributed by atoms with Crippen molar-refractivity contribution in [2.75, 3.05) is 6.54 Å². The van der Waals surface area contributed by atoms with E-state index in [4.69, 9.17) is 10.2 Å².